The van der Waals surface area contributed by atoms with Crippen LogP contribution >= 0.6 is 28.3 Å². The van der Waals surface area contributed by atoms with Gasteiger partial charge in [-0.05, 0) is 31.5 Å². The molecule has 1 heterocycles. The van der Waals surface area contributed by atoms with Crippen LogP contribution in [-0.4, -0.2) is 36.0 Å². The molecule has 0 bridgehead atoms. The molecule has 0 spiro atoms. The number of hydrogen-bond acceptors (Lipinski definition) is 2. The maximum atomic E-state index is 12.3. The fraction of sp³-hybridized carbons (Fsp3) is 0.500. The van der Waals surface area contributed by atoms with Gasteiger partial charge in [0.05, 0.1) is 6.42 Å². The standard InChI is InChI=1S/C14H19BrN2O.ClH/c1-10-11(2)17(8-7-16-10)14(18)9-12-3-5-13(15)6-4-12;/h3-6,10-11,16H,7-9H2,1-2H3;1H. The Balaban J connectivity index is 0.00000180. The maximum absolute atomic E-state index is 12.3. The maximum Gasteiger partial charge on any atom is 0.227 e. The second-order valence-electron chi connectivity index (χ2n) is 4.87. The number of piperazine rings is 1. The van der Waals surface area contributed by atoms with E-state index in [0.29, 0.717) is 12.5 Å². The first-order valence-electron chi connectivity index (χ1n) is 6.35. The number of carbonyl (C=O) groups excluding carboxylic acids is 1. The summed E-state index contributed by atoms with van der Waals surface area (Å²) in [6.45, 7) is 5.93. The van der Waals surface area contributed by atoms with Gasteiger partial charge in [0.2, 0.25) is 5.91 Å². The van der Waals surface area contributed by atoms with Crippen LogP contribution in [0.2, 0.25) is 0 Å². The number of amides is 1. The van der Waals surface area contributed by atoms with E-state index in [1.54, 1.807) is 0 Å². The van der Waals surface area contributed by atoms with Crippen molar-refractivity contribution in [2.75, 3.05) is 13.1 Å². The Kier molecular flexibility index (Phi) is 6.30. The van der Waals surface area contributed by atoms with E-state index in [-0.39, 0.29) is 24.4 Å². The van der Waals surface area contributed by atoms with Crippen molar-refractivity contribution in [2.45, 2.75) is 32.4 Å². The first-order valence-corrected chi connectivity index (χ1v) is 7.14. The molecule has 2 rings (SSSR count). The quantitative estimate of drug-likeness (QED) is 0.892. The zero-order chi connectivity index (χ0) is 13.1. The highest BCUT2D eigenvalue weighted by Crippen LogP contribution is 2.14. The SMILES string of the molecule is CC1NCCN(C(=O)Cc2ccc(Br)cc2)C1C.Cl. The van der Waals surface area contributed by atoms with Gasteiger partial charge in [0.15, 0.2) is 0 Å². The van der Waals surface area contributed by atoms with Gasteiger partial charge in [-0.2, -0.15) is 0 Å². The van der Waals surface area contributed by atoms with Crippen molar-refractivity contribution < 1.29 is 4.79 Å². The summed E-state index contributed by atoms with van der Waals surface area (Å²) in [7, 11) is 0. The Morgan fingerprint density at radius 2 is 2.00 bits per heavy atom. The largest absolute Gasteiger partial charge is 0.337 e. The predicted octanol–water partition coefficient (Wildman–Crippen LogP) is 2.62. The summed E-state index contributed by atoms with van der Waals surface area (Å²) in [5.74, 6) is 0.221. The Bertz CT molecular complexity index is 424. The normalized spacial score (nSPS) is 22.8. The summed E-state index contributed by atoms with van der Waals surface area (Å²) in [4.78, 5) is 14.3. The van der Waals surface area contributed by atoms with E-state index in [1.807, 2.05) is 29.2 Å². The Morgan fingerprint density at radius 1 is 1.37 bits per heavy atom. The number of rotatable bonds is 2. The van der Waals surface area contributed by atoms with Gasteiger partial charge in [-0.15, -0.1) is 12.4 Å². The molecule has 19 heavy (non-hydrogen) atoms. The van der Waals surface area contributed by atoms with E-state index in [9.17, 15) is 4.79 Å². The van der Waals surface area contributed by atoms with Crippen molar-refractivity contribution in [3.05, 3.63) is 34.3 Å². The number of halogens is 2. The van der Waals surface area contributed by atoms with E-state index in [1.165, 1.54) is 0 Å². The predicted molar refractivity (Wildman–Crippen MR) is 83.7 cm³/mol. The van der Waals surface area contributed by atoms with Crippen LogP contribution in [0.5, 0.6) is 0 Å². The number of nitrogens with one attached hydrogen (secondary N) is 1. The molecule has 0 aromatic heterocycles. The van der Waals surface area contributed by atoms with Gasteiger partial charge in [-0.3, -0.25) is 4.79 Å². The number of nitrogens with zero attached hydrogens (tertiary/aromatic N) is 1. The monoisotopic (exact) mass is 346 g/mol. The van der Waals surface area contributed by atoms with Crippen LogP contribution in [0.1, 0.15) is 19.4 Å². The fourth-order valence-electron chi connectivity index (χ4n) is 2.29. The second-order valence-corrected chi connectivity index (χ2v) is 5.79. The molecule has 0 radical (unpaired) electrons. The Labute approximate surface area is 129 Å². The van der Waals surface area contributed by atoms with Crippen molar-refractivity contribution in [1.29, 1.82) is 0 Å². The topological polar surface area (TPSA) is 32.3 Å². The summed E-state index contributed by atoms with van der Waals surface area (Å²) < 4.78 is 1.04. The lowest BCUT2D eigenvalue weighted by Crippen LogP contribution is -2.57. The zero-order valence-electron chi connectivity index (χ0n) is 11.2. The molecule has 1 amide bonds. The summed E-state index contributed by atoms with van der Waals surface area (Å²) in [6, 6.07) is 8.59. The zero-order valence-corrected chi connectivity index (χ0v) is 13.6. The number of carbonyl (C=O) groups is 1. The minimum Gasteiger partial charge on any atom is -0.337 e. The molecule has 0 saturated carbocycles. The van der Waals surface area contributed by atoms with Gasteiger partial charge in [-0.1, -0.05) is 28.1 Å². The average molecular weight is 348 g/mol. The minimum atomic E-state index is 0. The summed E-state index contributed by atoms with van der Waals surface area (Å²) in [6.07, 6.45) is 0.490. The lowest BCUT2D eigenvalue weighted by molar-refractivity contribution is -0.134. The van der Waals surface area contributed by atoms with Crippen LogP contribution < -0.4 is 5.32 Å². The summed E-state index contributed by atoms with van der Waals surface area (Å²) >= 11 is 3.40. The first kappa shape index (κ1) is 16.5. The van der Waals surface area contributed by atoms with Crippen molar-refractivity contribution in [3.63, 3.8) is 0 Å². The molecular formula is C14H20BrClN2O. The van der Waals surface area contributed by atoms with Gasteiger partial charge in [-0.25, -0.2) is 0 Å². The van der Waals surface area contributed by atoms with E-state index in [2.05, 4.69) is 35.1 Å². The molecule has 1 fully saturated rings. The van der Waals surface area contributed by atoms with Crippen molar-refractivity contribution in [3.8, 4) is 0 Å². The molecular weight excluding hydrogens is 328 g/mol. The minimum absolute atomic E-state index is 0. The van der Waals surface area contributed by atoms with E-state index in [0.717, 1.165) is 23.1 Å². The molecule has 0 aliphatic carbocycles. The summed E-state index contributed by atoms with van der Waals surface area (Å²) in [5, 5.41) is 3.39. The molecule has 5 heteroatoms. The molecule has 1 N–H and O–H groups in total. The van der Waals surface area contributed by atoms with Gasteiger partial charge in [0.25, 0.3) is 0 Å². The van der Waals surface area contributed by atoms with E-state index < -0.39 is 0 Å². The van der Waals surface area contributed by atoms with Gasteiger partial charge in [0, 0.05) is 29.6 Å². The molecule has 1 aromatic rings. The van der Waals surface area contributed by atoms with Crippen LogP contribution in [0.15, 0.2) is 28.7 Å². The molecule has 106 valence electrons. The second kappa shape index (κ2) is 7.27. The van der Waals surface area contributed by atoms with Gasteiger partial charge < -0.3 is 10.2 Å². The van der Waals surface area contributed by atoms with Gasteiger partial charge >= 0.3 is 0 Å². The Morgan fingerprint density at radius 3 is 2.63 bits per heavy atom. The molecule has 3 nitrogen and oxygen atoms in total. The van der Waals surface area contributed by atoms with Crippen molar-refractivity contribution >= 4 is 34.2 Å². The van der Waals surface area contributed by atoms with Crippen LogP contribution in [0.3, 0.4) is 0 Å². The van der Waals surface area contributed by atoms with Gasteiger partial charge in [0.1, 0.15) is 0 Å². The van der Waals surface area contributed by atoms with Crippen LogP contribution in [-0.2, 0) is 11.2 Å². The average Bonchev–Trinajstić information content (AvgIpc) is 2.35. The molecule has 1 aliphatic rings. The molecule has 1 saturated heterocycles. The third-order valence-electron chi connectivity index (χ3n) is 3.62. The third kappa shape index (κ3) is 4.20. The highest BCUT2D eigenvalue weighted by molar-refractivity contribution is 9.10. The van der Waals surface area contributed by atoms with Crippen molar-refractivity contribution in [1.82, 2.24) is 10.2 Å². The third-order valence-corrected chi connectivity index (χ3v) is 4.15. The Hall–Kier alpha value is -0.580. The lowest BCUT2D eigenvalue weighted by Gasteiger charge is -2.38. The summed E-state index contributed by atoms with van der Waals surface area (Å²) in [5.41, 5.74) is 1.07. The molecule has 1 aliphatic heterocycles. The first-order chi connectivity index (χ1) is 8.58. The number of hydrogen-bond donors (Lipinski definition) is 1. The van der Waals surface area contributed by atoms with Crippen molar-refractivity contribution in [2.24, 2.45) is 0 Å². The molecule has 2 atom stereocenters. The van der Waals surface area contributed by atoms with Crippen LogP contribution in [0.25, 0.3) is 0 Å². The molecule has 1 aromatic carbocycles. The lowest BCUT2D eigenvalue weighted by atomic mass is 10.1. The fourth-order valence-corrected chi connectivity index (χ4v) is 2.55. The van der Waals surface area contributed by atoms with E-state index in [4.69, 9.17) is 0 Å². The molecule has 2 unspecified atom stereocenters. The highest BCUT2D eigenvalue weighted by atomic mass is 79.9. The highest BCUT2D eigenvalue weighted by Gasteiger charge is 2.27. The van der Waals surface area contributed by atoms with Crippen LogP contribution in [0.4, 0.5) is 0 Å². The van der Waals surface area contributed by atoms with E-state index >= 15 is 0 Å². The van der Waals surface area contributed by atoms with Crippen LogP contribution in [0, 0.1) is 0 Å². The number of benzene rings is 1. The smallest absolute Gasteiger partial charge is 0.227 e.